The maximum absolute atomic E-state index is 12.5. The Bertz CT molecular complexity index is 789. The Labute approximate surface area is 145 Å². The van der Waals surface area contributed by atoms with Gasteiger partial charge in [0.25, 0.3) is 11.6 Å². The van der Waals surface area contributed by atoms with Crippen LogP contribution in [0.25, 0.3) is 0 Å². The van der Waals surface area contributed by atoms with Crippen LogP contribution in [0.3, 0.4) is 0 Å². The number of rotatable bonds is 7. The van der Waals surface area contributed by atoms with Crippen molar-refractivity contribution >= 4 is 17.3 Å². The molecular weight excluding hydrogens is 324 g/mol. The number of carbonyl (C=O) groups excluding carboxylic acids is 1. The van der Waals surface area contributed by atoms with Crippen LogP contribution < -0.4 is 14.8 Å². The summed E-state index contributed by atoms with van der Waals surface area (Å²) >= 11 is 0. The number of nitrogens with zero attached hydrogens (tertiary/aromatic N) is 1. The van der Waals surface area contributed by atoms with Crippen LogP contribution in [0.2, 0.25) is 0 Å². The summed E-state index contributed by atoms with van der Waals surface area (Å²) in [5, 5.41) is 13.7. The van der Waals surface area contributed by atoms with E-state index in [1.807, 2.05) is 13.8 Å². The number of benzene rings is 2. The highest BCUT2D eigenvalue weighted by Gasteiger charge is 2.15. The Morgan fingerprint density at radius 2 is 1.84 bits per heavy atom. The van der Waals surface area contributed by atoms with E-state index in [2.05, 4.69) is 5.32 Å². The molecule has 0 aliphatic rings. The predicted molar refractivity (Wildman–Crippen MR) is 94.6 cm³/mol. The summed E-state index contributed by atoms with van der Waals surface area (Å²) in [6.07, 6.45) is 0. The first-order valence-electron chi connectivity index (χ1n) is 7.92. The molecule has 0 fully saturated rings. The van der Waals surface area contributed by atoms with E-state index in [0.717, 1.165) is 0 Å². The normalized spacial score (nSPS) is 10.2. The van der Waals surface area contributed by atoms with Crippen molar-refractivity contribution in [3.63, 3.8) is 0 Å². The molecule has 25 heavy (non-hydrogen) atoms. The second kappa shape index (κ2) is 8.14. The number of hydrogen-bond donors (Lipinski definition) is 1. The fourth-order valence-corrected chi connectivity index (χ4v) is 2.34. The number of amides is 1. The lowest BCUT2D eigenvalue weighted by atomic mass is 10.1. The second-order valence-corrected chi connectivity index (χ2v) is 5.24. The summed E-state index contributed by atoms with van der Waals surface area (Å²) in [7, 11) is 0. The zero-order valence-electron chi connectivity index (χ0n) is 14.4. The standard InChI is InChI=1S/C18H20N2O5/c1-4-24-14-7-9-17(25-5-2)15(11-14)19-18(21)13-6-8-16(20(22)23)12(3)10-13/h6-11H,4-5H2,1-3H3,(H,19,21). The molecule has 0 aliphatic heterocycles. The van der Waals surface area contributed by atoms with Gasteiger partial charge in [-0.15, -0.1) is 0 Å². The fraction of sp³-hybridized carbons (Fsp3) is 0.278. The van der Waals surface area contributed by atoms with Crippen LogP contribution in [0.1, 0.15) is 29.8 Å². The van der Waals surface area contributed by atoms with Crippen molar-refractivity contribution in [2.24, 2.45) is 0 Å². The van der Waals surface area contributed by atoms with Crippen molar-refractivity contribution < 1.29 is 19.2 Å². The van der Waals surface area contributed by atoms with E-state index in [1.54, 1.807) is 25.1 Å². The molecule has 7 heteroatoms. The van der Waals surface area contributed by atoms with Gasteiger partial charge in [0.15, 0.2) is 0 Å². The fourth-order valence-electron chi connectivity index (χ4n) is 2.34. The Balaban J connectivity index is 2.28. The highest BCUT2D eigenvalue weighted by atomic mass is 16.6. The van der Waals surface area contributed by atoms with E-state index in [1.165, 1.54) is 18.2 Å². The topological polar surface area (TPSA) is 90.7 Å². The first-order chi connectivity index (χ1) is 12.0. The molecule has 0 radical (unpaired) electrons. The molecule has 0 saturated heterocycles. The van der Waals surface area contributed by atoms with Gasteiger partial charge < -0.3 is 14.8 Å². The number of carbonyl (C=O) groups is 1. The molecule has 2 aromatic rings. The van der Waals surface area contributed by atoms with Gasteiger partial charge in [-0.2, -0.15) is 0 Å². The molecule has 0 aliphatic carbocycles. The number of nitrogens with one attached hydrogen (secondary N) is 1. The minimum Gasteiger partial charge on any atom is -0.494 e. The van der Waals surface area contributed by atoms with Gasteiger partial charge in [0.05, 0.1) is 23.8 Å². The summed E-state index contributed by atoms with van der Waals surface area (Å²) in [5.41, 5.74) is 1.21. The van der Waals surface area contributed by atoms with E-state index in [9.17, 15) is 14.9 Å². The Morgan fingerprint density at radius 1 is 1.12 bits per heavy atom. The number of anilines is 1. The van der Waals surface area contributed by atoms with Crippen LogP contribution in [0.4, 0.5) is 11.4 Å². The molecule has 0 heterocycles. The number of nitro benzene ring substituents is 1. The average Bonchev–Trinajstić information content (AvgIpc) is 2.57. The minimum absolute atomic E-state index is 0.0232. The largest absolute Gasteiger partial charge is 0.494 e. The molecule has 0 bridgehead atoms. The van der Waals surface area contributed by atoms with Crippen LogP contribution in [0.15, 0.2) is 36.4 Å². The first kappa shape index (κ1) is 18.3. The van der Waals surface area contributed by atoms with Crippen LogP contribution in [0.5, 0.6) is 11.5 Å². The van der Waals surface area contributed by atoms with Crippen LogP contribution in [-0.2, 0) is 0 Å². The molecule has 0 spiro atoms. The van der Waals surface area contributed by atoms with Gasteiger partial charge in [-0.1, -0.05) is 0 Å². The maximum atomic E-state index is 12.5. The number of ether oxygens (including phenoxy) is 2. The summed E-state index contributed by atoms with van der Waals surface area (Å²) in [6, 6.07) is 9.41. The maximum Gasteiger partial charge on any atom is 0.272 e. The van der Waals surface area contributed by atoms with E-state index in [0.29, 0.717) is 41.5 Å². The average molecular weight is 344 g/mol. The molecule has 0 unspecified atom stereocenters. The molecule has 2 aromatic carbocycles. The monoisotopic (exact) mass is 344 g/mol. The summed E-state index contributed by atoms with van der Waals surface area (Å²) in [6.45, 7) is 6.27. The summed E-state index contributed by atoms with van der Waals surface area (Å²) in [4.78, 5) is 22.9. The zero-order valence-corrected chi connectivity index (χ0v) is 14.4. The molecule has 1 N–H and O–H groups in total. The highest BCUT2D eigenvalue weighted by Crippen LogP contribution is 2.30. The van der Waals surface area contributed by atoms with E-state index in [4.69, 9.17) is 9.47 Å². The lowest BCUT2D eigenvalue weighted by molar-refractivity contribution is -0.385. The van der Waals surface area contributed by atoms with E-state index < -0.39 is 4.92 Å². The predicted octanol–water partition coefficient (Wildman–Crippen LogP) is 3.95. The van der Waals surface area contributed by atoms with Gasteiger partial charge in [0, 0.05) is 23.3 Å². The molecule has 0 aromatic heterocycles. The number of nitro groups is 1. The van der Waals surface area contributed by atoms with Gasteiger partial charge in [0.2, 0.25) is 0 Å². The van der Waals surface area contributed by atoms with Crippen molar-refractivity contribution in [3.05, 3.63) is 57.6 Å². The Kier molecular flexibility index (Phi) is 5.94. The Hall–Kier alpha value is -3.09. The zero-order chi connectivity index (χ0) is 18.4. The quantitative estimate of drug-likeness (QED) is 0.606. The van der Waals surface area contributed by atoms with Crippen molar-refractivity contribution in [3.8, 4) is 11.5 Å². The molecule has 0 atom stereocenters. The molecular formula is C18H20N2O5. The SMILES string of the molecule is CCOc1ccc(OCC)c(NC(=O)c2ccc([N+](=O)[O-])c(C)c2)c1. The van der Waals surface area contributed by atoms with Gasteiger partial charge in [0.1, 0.15) is 11.5 Å². The van der Waals surface area contributed by atoms with Crippen molar-refractivity contribution in [1.29, 1.82) is 0 Å². The lowest BCUT2D eigenvalue weighted by Crippen LogP contribution is -2.13. The van der Waals surface area contributed by atoms with Gasteiger partial charge >= 0.3 is 0 Å². The van der Waals surface area contributed by atoms with Gasteiger partial charge in [-0.05, 0) is 45.0 Å². The highest BCUT2D eigenvalue weighted by molar-refractivity contribution is 6.05. The van der Waals surface area contributed by atoms with Crippen molar-refractivity contribution in [2.45, 2.75) is 20.8 Å². The molecule has 2 rings (SSSR count). The van der Waals surface area contributed by atoms with Crippen LogP contribution in [-0.4, -0.2) is 24.0 Å². The third kappa shape index (κ3) is 4.47. The molecule has 7 nitrogen and oxygen atoms in total. The first-order valence-corrected chi connectivity index (χ1v) is 7.92. The smallest absolute Gasteiger partial charge is 0.272 e. The Morgan fingerprint density at radius 3 is 2.44 bits per heavy atom. The third-order valence-corrected chi connectivity index (χ3v) is 3.47. The van der Waals surface area contributed by atoms with Crippen molar-refractivity contribution in [1.82, 2.24) is 0 Å². The third-order valence-electron chi connectivity index (χ3n) is 3.47. The van der Waals surface area contributed by atoms with Gasteiger partial charge in [-0.25, -0.2) is 0 Å². The van der Waals surface area contributed by atoms with Crippen LogP contribution >= 0.6 is 0 Å². The molecule has 1 amide bonds. The lowest BCUT2D eigenvalue weighted by Gasteiger charge is -2.13. The number of hydrogen-bond acceptors (Lipinski definition) is 5. The summed E-state index contributed by atoms with van der Waals surface area (Å²) in [5.74, 6) is 0.756. The molecule has 0 saturated carbocycles. The van der Waals surface area contributed by atoms with Crippen molar-refractivity contribution in [2.75, 3.05) is 18.5 Å². The molecule has 132 valence electrons. The second-order valence-electron chi connectivity index (χ2n) is 5.24. The van der Waals surface area contributed by atoms with E-state index >= 15 is 0 Å². The number of aryl methyl sites for hydroxylation is 1. The van der Waals surface area contributed by atoms with Crippen LogP contribution in [0, 0.1) is 17.0 Å². The van der Waals surface area contributed by atoms with Gasteiger partial charge in [-0.3, -0.25) is 14.9 Å². The summed E-state index contributed by atoms with van der Waals surface area (Å²) < 4.78 is 11.0. The van der Waals surface area contributed by atoms with E-state index in [-0.39, 0.29) is 11.6 Å². The minimum atomic E-state index is -0.476.